The minimum Gasteiger partial charge on any atom is -0.506 e. The van der Waals surface area contributed by atoms with E-state index in [-0.39, 0.29) is 24.0 Å². The molecule has 0 unspecified atom stereocenters. The molecule has 0 radical (unpaired) electrons. The molecule has 0 spiro atoms. The van der Waals surface area contributed by atoms with E-state index in [1.165, 1.54) is 0 Å². The average molecular weight is 318 g/mol. The number of piperidine rings is 1. The number of hydrogen-bond acceptors (Lipinski definition) is 4. The Labute approximate surface area is 138 Å². The molecule has 4 rings (SSSR count). The van der Waals surface area contributed by atoms with Gasteiger partial charge in [0.2, 0.25) is 5.91 Å². The van der Waals surface area contributed by atoms with E-state index in [9.17, 15) is 14.7 Å². The Bertz CT molecular complexity index is 983. The van der Waals surface area contributed by atoms with E-state index >= 15 is 0 Å². The number of carbonyl (C=O) groups excluding carboxylic acids is 2. The van der Waals surface area contributed by atoms with Gasteiger partial charge in [-0.3, -0.25) is 19.9 Å². The number of allylic oxidation sites excluding steroid dienone is 3. The number of aromatic hydroxyl groups is 1. The zero-order valence-electron chi connectivity index (χ0n) is 12.7. The molecule has 24 heavy (non-hydrogen) atoms. The van der Waals surface area contributed by atoms with E-state index < -0.39 is 0 Å². The lowest BCUT2D eigenvalue weighted by Crippen LogP contribution is -2.37. The summed E-state index contributed by atoms with van der Waals surface area (Å²) in [6.07, 6.45) is 8.24. The number of fused-ring (bicyclic) bond motifs is 2. The molecular weight excluding hydrogens is 304 g/mol. The second-order valence-electron chi connectivity index (χ2n) is 5.84. The number of pyridine rings is 1. The first-order valence-electron chi connectivity index (χ1n) is 7.64. The molecule has 5 heteroatoms. The molecule has 0 atom stereocenters. The minimum atomic E-state index is -0.323. The van der Waals surface area contributed by atoms with Crippen LogP contribution in [0, 0.1) is 0 Å². The number of rotatable bonds is 1. The van der Waals surface area contributed by atoms with Crippen LogP contribution in [0.2, 0.25) is 0 Å². The van der Waals surface area contributed by atoms with Crippen LogP contribution in [0.25, 0.3) is 17.0 Å². The molecular formula is C19H14N2O3. The van der Waals surface area contributed by atoms with E-state index in [4.69, 9.17) is 0 Å². The molecule has 0 saturated carbocycles. The van der Waals surface area contributed by atoms with Gasteiger partial charge in [0, 0.05) is 17.2 Å². The molecule has 1 fully saturated rings. The second kappa shape index (κ2) is 5.45. The fraction of sp³-hybridized carbons (Fsp3) is 0.105. The van der Waals surface area contributed by atoms with Crippen molar-refractivity contribution < 1.29 is 14.7 Å². The molecule has 2 aromatic rings. The molecule has 1 aliphatic heterocycles. The average Bonchev–Trinajstić information content (AvgIpc) is 2.55. The lowest BCUT2D eigenvalue weighted by Gasteiger charge is -2.21. The quantitative estimate of drug-likeness (QED) is 0.792. The monoisotopic (exact) mass is 318 g/mol. The molecule has 5 nitrogen and oxygen atoms in total. The number of nitrogens with one attached hydrogen (secondary N) is 1. The van der Waals surface area contributed by atoms with Crippen LogP contribution >= 0.6 is 0 Å². The first-order valence-corrected chi connectivity index (χ1v) is 7.64. The Morgan fingerprint density at radius 2 is 2.08 bits per heavy atom. The number of hydrogen-bond donors (Lipinski definition) is 2. The summed E-state index contributed by atoms with van der Waals surface area (Å²) in [4.78, 5) is 27.6. The molecule has 2 N–H and O–H groups in total. The Kier molecular flexibility index (Phi) is 3.27. The van der Waals surface area contributed by atoms with Gasteiger partial charge in [-0.2, -0.15) is 0 Å². The van der Waals surface area contributed by atoms with E-state index in [2.05, 4.69) is 10.3 Å². The number of carbonyl (C=O) groups is 2. The lowest BCUT2D eigenvalue weighted by atomic mass is 9.88. The third-order valence-corrected chi connectivity index (χ3v) is 4.22. The van der Waals surface area contributed by atoms with Gasteiger partial charge in [-0.15, -0.1) is 0 Å². The largest absolute Gasteiger partial charge is 0.506 e. The van der Waals surface area contributed by atoms with Crippen LogP contribution in [0.5, 0.6) is 5.75 Å². The van der Waals surface area contributed by atoms with Crippen molar-refractivity contribution in [2.75, 3.05) is 0 Å². The van der Waals surface area contributed by atoms with Gasteiger partial charge in [-0.05, 0) is 35.3 Å². The smallest absolute Gasteiger partial charge is 0.257 e. The molecule has 0 bridgehead atoms. The lowest BCUT2D eigenvalue weighted by molar-refractivity contribution is -0.129. The van der Waals surface area contributed by atoms with Crippen molar-refractivity contribution in [2.24, 2.45) is 0 Å². The number of imide groups is 1. The summed E-state index contributed by atoms with van der Waals surface area (Å²) in [5.74, 6) is -0.453. The van der Waals surface area contributed by atoms with Gasteiger partial charge >= 0.3 is 0 Å². The van der Waals surface area contributed by atoms with Crippen LogP contribution in [0.1, 0.15) is 18.4 Å². The number of phenols is 1. The molecule has 1 aromatic heterocycles. The molecule has 2 amide bonds. The first kappa shape index (κ1) is 14.4. The van der Waals surface area contributed by atoms with Crippen LogP contribution in [-0.2, 0) is 9.59 Å². The Hall–Kier alpha value is -3.21. The van der Waals surface area contributed by atoms with Crippen LogP contribution in [-0.4, -0.2) is 21.9 Å². The van der Waals surface area contributed by atoms with Crippen molar-refractivity contribution in [3.8, 4) is 5.75 Å². The molecule has 1 aromatic carbocycles. The van der Waals surface area contributed by atoms with Gasteiger partial charge in [-0.25, -0.2) is 0 Å². The topological polar surface area (TPSA) is 79.3 Å². The Balaban J connectivity index is 1.77. The summed E-state index contributed by atoms with van der Waals surface area (Å²) in [6, 6.07) is 7.17. The second-order valence-corrected chi connectivity index (χ2v) is 5.84. The van der Waals surface area contributed by atoms with Crippen molar-refractivity contribution >= 4 is 28.8 Å². The van der Waals surface area contributed by atoms with Crippen LogP contribution in [0.4, 0.5) is 0 Å². The van der Waals surface area contributed by atoms with Crippen molar-refractivity contribution in [3.63, 3.8) is 0 Å². The first-order chi connectivity index (χ1) is 11.6. The minimum absolute atomic E-state index is 0.145. The summed E-state index contributed by atoms with van der Waals surface area (Å²) in [5, 5.41) is 13.1. The molecule has 2 heterocycles. The number of amides is 2. The predicted molar refractivity (Wildman–Crippen MR) is 89.9 cm³/mol. The fourth-order valence-corrected chi connectivity index (χ4v) is 3.12. The summed E-state index contributed by atoms with van der Waals surface area (Å²) in [5.41, 5.74) is 3.84. The standard InChI is InChI=1S/C19H14N2O3/c22-16-3-1-2-14-12(6-7-20-18(14)16)8-11-4-5-15-13(9-11)10-17(23)21-19(15)24/h1-3,5-9,22H,4,10H2,(H,21,23,24). The molecule has 1 aliphatic carbocycles. The van der Waals surface area contributed by atoms with Crippen molar-refractivity contribution in [2.45, 2.75) is 12.8 Å². The maximum atomic E-state index is 11.8. The summed E-state index contributed by atoms with van der Waals surface area (Å²) >= 11 is 0. The number of para-hydroxylation sites is 1. The van der Waals surface area contributed by atoms with Gasteiger partial charge in [0.25, 0.3) is 5.91 Å². The van der Waals surface area contributed by atoms with E-state index in [1.54, 1.807) is 18.3 Å². The molecule has 1 saturated heterocycles. The molecule has 118 valence electrons. The van der Waals surface area contributed by atoms with Crippen LogP contribution in [0.15, 0.2) is 59.3 Å². The van der Waals surface area contributed by atoms with E-state index in [1.807, 2.05) is 30.4 Å². The predicted octanol–water partition coefficient (Wildman–Crippen LogP) is 2.63. The summed E-state index contributed by atoms with van der Waals surface area (Å²) in [6.45, 7) is 0. The number of phenolic OH excluding ortho intramolecular Hbond substituents is 1. The van der Waals surface area contributed by atoms with Crippen LogP contribution < -0.4 is 5.32 Å². The highest BCUT2D eigenvalue weighted by atomic mass is 16.3. The zero-order valence-corrected chi connectivity index (χ0v) is 12.7. The summed E-state index contributed by atoms with van der Waals surface area (Å²) < 4.78 is 0. The molecule has 2 aliphatic rings. The SMILES string of the molecule is O=C1CC2=CC(=Cc3ccnc4c(O)cccc34)CC=C2C(=O)N1. The van der Waals surface area contributed by atoms with Gasteiger partial charge < -0.3 is 5.11 Å². The normalized spacial score (nSPS) is 18.9. The number of aromatic nitrogens is 1. The zero-order chi connectivity index (χ0) is 16.7. The maximum absolute atomic E-state index is 11.8. The highest BCUT2D eigenvalue weighted by molar-refractivity contribution is 6.12. The summed E-state index contributed by atoms with van der Waals surface area (Å²) in [7, 11) is 0. The number of nitrogens with zero attached hydrogens (tertiary/aromatic N) is 1. The van der Waals surface area contributed by atoms with Crippen molar-refractivity contribution in [1.82, 2.24) is 10.3 Å². The van der Waals surface area contributed by atoms with Crippen molar-refractivity contribution in [1.29, 1.82) is 0 Å². The fourth-order valence-electron chi connectivity index (χ4n) is 3.12. The highest BCUT2D eigenvalue weighted by Gasteiger charge is 2.26. The van der Waals surface area contributed by atoms with Crippen LogP contribution in [0.3, 0.4) is 0 Å². The van der Waals surface area contributed by atoms with Gasteiger partial charge in [0.15, 0.2) is 0 Å². The van der Waals surface area contributed by atoms with Gasteiger partial charge in [-0.1, -0.05) is 30.4 Å². The van der Waals surface area contributed by atoms with Gasteiger partial charge in [0.05, 0.1) is 6.42 Å². The maximum Gasteiger partial charge on any atom is 0.257 e. The third-order valence-electron chi connectivity index (χ3n) is 4.22. The van der Waals surface area contributed by atoms with Gasteiger partial charge in [0.1, 0.15) is 11.3 Å². The Morgan fingerprint density at radius 1 is 1.21 bits per heavy atom. The van der Waals surface area contributed by atoms with E-state index in [0.29, 0.717) is 17.5 Å². The third kappa shape index (κ3) is 2.40. The highest BCUT2D eigenvalue weighted by Crippen LogP contribution is 2.31. The number of benzene rings is 1. The van der Waals surface area contributed by atoms with Crippen molar-refractivity contribution in [3.05, 3.63) is 64.9 Å². The van der Waals surface area contributed by atoms with E-state index in [0.717, 1.165) is 22.1 Å². The Morgan fingerprint density at radius 3 is 2.96 bits per heavy atom.